The van der Waals surface area contributed by atoms with E-state index in [4.69, 9.17) is 17.0 Å². The lowest BCUT2D eigenvalue weighted by molar-refractivity contribution is -0.121. The maximum absolute atomic E-state index is 11.9. The molecule has 2 heterocycles. The third-order valence-corrected chi connectivity index (χ3v) is 3.13. The smallest absolute Gasteiger partial charge is 0.240 e. The molecule has 108 valence electrons. The minimum atomic E-state index is -0.0830. The molecule has 6 nitrogen and oxygen atoms in total. The van der Waals surface area contributed by atoms with Crippen molar-refractivity contribution in [3.63, 3.8) is 0 Å². The summed E-state index contributed by atoms with van der Waals surface area (Å²) in [6, 6.07) is 3.58. The molecule has 2 aromatic heterocycles. The number of H-pyrrole nitrogens is 1. The Bertz CT molecular complexity index is 675. The summed E-state index contributed by atoms with van der Waals surface area (Å²) in [4.78, 5) is 19.3. The zero-order valence-corrected chi connectivity index (χ0v) is 12.6. The van der Waals surface area contributed by atoms with Gasteiger partial charge in [-0.3, -0.25) is 9.36 Å². The normalized spacial score (nSPS) is 11.0. The number of rotatable bonds is 5. The Hall–Kier alpha value is -1.89. The fourth-order valence-electron chi connectivity index (χ4n) is 1.79. The Labute approximate surface area is 122 Å². The molecule has 0 aliphatic rings. The molecule has 0 aromatic carbocycles. The highest BCUT2D eigenvalue weighted by molar-refractivity contribution is 7.71. The van der Waals surface area contributed by atoms with E-state index in [1.807, 2.05) is 19.9 Å². The van der Waals surface area contributed by atoms with Crippen LogP contribution in [0.25, 0.3) is 11.2 Å². The van der Waals surface area contributed by atoms with Crippen LogP contribution in [0.4, 0.5) is 0 Å². The SMILES string of the molecule is COc1ccc2[nH]c(=S)n(CC(=O)NCC(C)C)c2n1. The lowest BCUT2D eigenvalue weighted by atomic mass is 10.2. The molecule has 7 heteroatoms. The van der Waals surface area contributed by atoms with Crippen molar-refractivity contribution in [3.05, 3.63) is 16.9 Å². The Kier molecular flexibility index (Phi) is 4.39. The molecule has 0 bridgehead atoms. The first-order valence-corrected chi connectivity index (χ1v) is 6.82. The molecule has 2 aromatic rings. The Morgan fingerprint density at radius 1 is 1.55 bits per heavy atom. The summed E-state index contributed by atoms with van der Waals surface area (Å²) in [6.45, 7) is 4.88. The highest BCUT2D eigenvalue weighted by Gasteiger charge is 2.11. The van der Waals surface area contributed by atoms with E-state index in [1.165, 1.54) is 0 Å². The molecule has 0 aliphatic heterocycles. The van der Waals surface area contributed by atoms with Crippen LogP contribution in [0.3, 0.4) is 0 Å². The van der Waals surface area contributed by atoms with Crippen molar-refractivity contribution >= 4 is 29.3 Å². The molecular weight excluding hydrogens is 276 g/mol. The molecule has 0 atom stereocenters. The Morgan fingerprint density at radius 2 is 2.30 bits per heavy atom. The van der Waals surface area contributed by atoms with Gasteiger partial charge in [0.2, 0.25) is 11.8 Å². The molecule has 0 saturated heterocycles. The lowest BCUT2D eigenvalue weighted by Crippen LogP contribution is -2.30. The second-order valence-corrected chi connectivity index (χ2v) is 5.33. The third kappa shape index (κ3) is 3.16. The van der Waals surface area contributed by atoms with Crippen LogP contribution in [-0.4, -0.2) is 34.1 Å². The number of fused-ring (bicyclic) bond motifs is 1. The molecule has 2 N–H and O–H groups in total. The van der Waals surface area contributed by atoms with E-state index in [-0.39, 0.29) is 12.5 Å². The number of imidazole rings is 1. The van der Waals surface area contributed by atoms with Crippen molar-refractivity contribution in [2.75, 3.05) is 13.7 Å². The van der Waals surface area contributed by atoms with Crippen molar-refractivity contribution in [2.45, 2.75) is 20.4 Å². The summed E-state index contributed by atoms with van der Waals surface area (Å²) in [5.41, 5.74) is 1.40. The molecule has 2 rings (SSSR count). The number of pyridine rings is 1. The van der Waals surface area contributed by atoms with Gasteiger partial charge < -0.3 is 15.0 Å². The maximum Gasteiger partial charge on any atom is 0.240 e. The summed E-state index contributed by atoms with van der Waals surface area (Å²) in [5, 5.41) is 2.86. The van der Waals surface area contributed by atoms with Crippen LogP contribution >= 0.6 is 12.2 Å². The number of amides is 1. The second kappa shape index (κ2) is 6.04. The summed E-state index contributed by atoms with van der Waals surface area (Å²) in [6.07, 6.45) is 0. The van der Waals surface area contributed by atoms with Crippen LogP contribution in [-0.2, 0) is 11.3 Å². The predicted octanol–water partition coefficient (Wildman–Crippen LogP) is 1.87. The number of nitrogens with one attached hydrogen (secondary N) is 2. The van der Waals surface area contributed by atoms with E-state index in [1.54, 1.807) is 17.7 Å². The predicted molar refractivity (Wildman–Crippen MR) is 79.3 cm³/mol. The molecule has 0 aliphatic carbocycles. The van der Waals surface area contributed by atoms with E-state index < -0.39 is 0 Å². The third-order valence-electron chi connectivity index (χ3n) is 2.81. The number of ether oxygens (including phenoxy) is 1. The molecule has 0 fully saturated rings. The van der Waals surface area contributed by atoms with E-state index in [9.17, 15) is 4.79 Å². The van der Waals surface area contributed by atoms with E-state index >= 15 is 0 Å². The summed E-state index contributed by atoms with van der Waals surface area (Å²) < 4.78 is 7.24. The van der Waals surface area contributed by atoms with Gasteiger partial charge in [-0.15, -0.1) is 0 Å². The van der Waals surface area contributed by atoms with Gasteiger partial charge >= 0.3 is 0 Å². The number of carbonyl (C=O) groups is 1. The summed E-state index contributed by atoms with van der Waals surface area (Å²) in [7, 11) is 1.55. The highest BCUT2D eigenvalue weighted by atomic mass is 32.1. The molecule has 0 unspecified atom stereocenters. The zero-order chi connectivity index (χ0) is 14.7. The zero-order valence-electron chi connectivity index (χ0n) is 11.8. The number of aromatic amines is 1. The van der Waals surface area contributed by atoms with Gasteiger partial charge in [0.15, 0.2) is 10.4 Å². The van der Waals surface area contributed by atoms with Crippen LogP contribution < -0.4 is 10.1 Å². The molecule has 20 heavy (non-hydrogen) atoms. The van der Waals surface area contributed by atoms with Gasteiger partial charge in [-0.25, -0.2) is 0 Å². The monoisotopic (exact) mass is 294 g/mol. The Balaban J connectivity index is 2.26. The van der Waals surface area contributed by atoms with Crippen LogP contribution in [0.5, 0.6) is 5.88 Å². The quantitative estimate of drug-likeness (QED) is 0.826. The maximum atomic E-state index is 11.9. The number of carbonyl (C=O) groups excluding carboxylic acids is 1. The van der Waals surface area contributed by atoms with Crippen LogP contribution in [0, 0.1) is 10.7 Å². The van der Waals surface area contributed by atoms with Gasteiger partial charge in [0, 0.05) is 12.6 Å². The first-order valence-electron chi connectivity index (χ1n) is 6.41. The number of aromatic nitrogens is 3. The average Bonchev–Trinajstić information content (AvgIpc) is 2.72. The van der Waals surface area contributed by atoms with Crippen molar-refractivity contribution in [1.29, 1.82) is 0 Å². The molecule has 0 spiro atoms. The van der Waals surface area contributed by atoms with Gasteiger partial charge in [-0.1, -0.05) is 13.8 Å². The first-order chi connectivity index (χ1) is 9.51. The van der Waals surface area contributed by atoms with Gasteiger partial charge in [0.25, 0.3) is 0 Å². The molecule has 0 saturated carbocycles. The van der Waals surface area contributed by atoms with Gasteiger partial charge in [-0.2, -0.15) is 4.98 Å². The van der Waals surface area contributed by atoms with Crippen molar-refractivity contribution in [1.82, 2.24) is 19.9 Å². The van der Waals surface area contributed by atoms with Crippen LogP contribution in [0.1, 0.15) is 13.8 Å². The number of nitrogens with zero attached hydrogens (tertiary/aromatic N) is 2. The van der Waals surface area contributed by atoms with Gasteiger partial charge in [0.05, 0.1) is 12.6 Å². The summed E-state index contributed by atoms with van der Waals surface area (Å²) in [5.74, 6) is 0.816. The van der Waals surface area contributed by atoms with Crippen molar-refractivity contribution in [2.24, 2.45) is 5.92 Å². The standard InChI is InChI=1S/C13H18N4O2S/c1-8(2)6-14-10(18)7-17-12-9(15-13(17)20)4-5-11(16-12)19-3/h4-5,8H,6-7H2,1-3H3,(H,14,18)(H,15,20). The van der Waals surface area contributed by atoms with Crippen molar-refractivity contribution < 1.29 is 9.53 Å². The van der Waals surface area contributed by atoms with Crippen molar-refractivity contribution in [3.8, 4) is 5.88 Å². The fourth-order valence-corrected chi connectivity index (χ4v) is 2.05. The minimum Gasteiger partial charge on any atom is -0.481 e. The van der Waals surface area contributed by atoms with E-state index in [2.05, 4.69) is 15.3 Å². The minimum absolute atomic E-state index is 0.0830. The topological polar surface area (TPSA) is 71.9 Å². The van der Waals surface area contributed by atoms with Crippen LogP contribution in [0.2, 0.25) is 0 Å². The molecular formula is C13H18N4O2S. The molecule has 1 amide bonds. The molecule has 0 radical (unpaired) electrons. The highest BCUT2D eigenvalue weighted by Crippen LogP contribution is 2.16. The van der Waals surface area contributed by atoms with Gasteiger partial charge in [0.1, 0.15) is 6.54 Å². The van der Waals surface area contributed by atoms with E-state index in [0.29, 0.717) is 28.8 Å². The van der Waals surface area contributed by atoms with Crippen LogP contribution in [0.15, 0.2) is 12.1 Å². The first kappa shape index (κ1) is 14.5. The van der Waals surface area contributed by atoms with E-state index in [0.717, 1.165) is 5.52 Å². The lowest BCUT2D eigenvalue weighted by Gasteiger charge is -2.08. The average molecular weight is 294 g/mol. The fraction of sp³-hybridized carbons (Fsp3) is 0.462. The summed E-state index contributed by atoms with van der Waals surface area (Å²) >= 11 is 5.23. The number of methoxy groups -OCH3 is 1. The van der Waals surface area contributed by atoms with Gasteiger partial charge in [-0.05, 0) is 24.2 Å². The Morgan fingerprint density at radius 3 is 2.95 bits per heavy atom. The second-order valence-electron chi connectivity index (χ2n) is 4.94. The largest absolute Gasteiger partial charge is 0.481 e. The number of hydrogen-bond donors (Lipinski definition) is 2. The number of hydrogen-bond acceptors (Lipinski definition) is 4.